The van der Waals surface area contributed by atoms with Crippen molar-refractivity contribution in [1.82, 2.24) is 4.72 Å². The molecule has 1 saturated heterocycles. The number of hydrogen-bond acceptors (Lipinski definition) is 2. The number of hydrogen-bond donors (Lipinski definition) is 1. The van der Waals surface area contributed by atoms with E-state index < -0.39 is 0 Å². The minimum absolute atomic E-state index is 1.21. The van der Waals surface area contributed by atoms with Gasteiger partial charge < -0.3 is 0 Å². The van der Waals surface area contributed by atoms with Gasteiger partial charge in [0.05, 0.1) is 0 Å². The molecule has 4 heavy (non-hydrogen) atoms. The average Bonchev–Trinajstić information content (AvgIpc) is 0.722. The third-order valence-electron chi connectivity index (χ3n) is 0.408. The first kappa shape index (κ1) is 2.54. The Labute approximate surface area is 29.9 Å². The standard InChI is InChI=1S/C2H5NS/c1-2-4-3-1/h3H,1-2H2. The van der Waals surface area contributed by atoms with Gasteiger partial charge in [-0.25, -0.2) is 0 Å². The first-order chi connectivity index (χ1) is 2.00. The van der Waals surface area contributed by atoms with E-state index in [1.54, 1.807) is 11.9 Å². The maximum atomic E-state index is 3.03. The summed E-state index contributed by atoms with van der Waals surface area (Å²) < 4.78 is 3.03. The fourth-order valence-electron chi connectivity index (χ4n) is 0.102. The quantitative estimate of drug-likeness (QED) is 0.414. The van der Waals surface area contributed by atoms with Crippen molar-refractivity contribution in [2.75, 3.05) is 12.3 Å². The van der Waals surface area contributed by atoms with Crippen molar-refractivity contribution in [3.8, 4) is 0 Å². The molecule has 1 rings (SSSR count). The molecule has 0 amide bonds. The maximum Gasteiger partial charge on any atom is 0.0213 e. The summed E-state index contributed by atoms with van der Waals surface area (Å²) in [5.74, 6) is 1.31. The summed E-state index contributed by atoms with van der Waals surface area (Å²) in [6.45, 7) is 1.21. The van der Waals surface area contributed by atoms with E-state index in [-0.39, 0.29) is 0 Å². The number of rotatable bonds is 0. The molecule has 24 valence electrons. The van der Waals surface area contributed by atoms with Gasteiger partial charge in [0.25, 0.3) is 0 Å². The van der Waals surface area contributed by atoms with Crippen molar-refractivity contribution in [3.63, 3.8) is 0 Å². The van der Waals surface area contributed by atoms with Gasteiger partial charge in [-0.15, -0.1) is 0 Å². The molecule has 1 fully saturated rings. The van der Waals surface area contributed by atoms with Crippen LogP contribution >= 0.6 is 11.9 Å². The van der Waals surface area contributed by atoms with Gasteiger partial charge in [0, 0.05) is 12.3 Å². The topological polar surface area (TPSA) is 12.0 Å². The summed E-state index contributed by atoms with van der Waals surface area (Å²) >= 11 is 1.79. The Morgan fingerprint density at radius 3 is 2.00 bits per heavy atom. The van der Waals surface area contributed by atoms with E-state index in [2.05, 4.69) is 4.72 Å². The number of nitrogens with one attached hydrogen (secondary N) is 1. The molecule has 0 aromatic rings. The molecule has 0 atom stereocenters. The Kier molecular flexibility index (Phi) is 0.604. The zero-order chi connectivity index (χ0) is 2.83. The Bertz CT molecular complexity index is 14.0. The van der Waals surface area contributed by atoms with Crippen LogP contribution in [0.25, 0.3) is 0 Å². The third-order valence-corrected chi connectivity index (χ3v) is 1.22. The van der Waals surface area contributed by atoms with E-state index in [0.717, 1.165) is 0 Å². The zero-order valence-electron chi connectivity index (χ0n) is 2.32. The van der Waals surface area contributed by atoms with E-state index in [9.17, 15) is 0 Å². The summed E-state index contributed by atoms with van der Waals surface area (Å²) in [7, 11) is 0. The minimum atomic E-state index is 1.21. The van der Waals surface area contributed by atoms with Gasteiger partial charge in [0.15, 0.2) is 0 Å². The van der Waals surface area contributed by atoms with Crippen LogP contribution in [-0.2, 0) is 0 Å². The SMILES string of the molecule is C1CSN1. The molecule has 0 aliphatic carbocycles. The normalized spacial score (nSPS) is 24.0. The largest absolute Gasteiger partial charge is 0.263 e. The smallest absolute Gasteiger partial charge is 0.0213 e. The molecule has 0 aromatic carbocycles. The summed E-state index contributed by atoms with van der Waals surface area (Å²) in [6, 6.07) is 0. The first-order valence-electron chi connectivity index (χ1n) is 1.35. The van der Waals surface area contributed by atoms with Crippen LogP contribution in [0.1, 0.15) is 0 Å². The molecular weight excluding hydrogens is 70.1 g/mol. The highest BCUT2D eigenvalue weighted by Gasteiger charge is 1.93. The van der Waals surface area contributed by atoms with Crippen molar-refractivity contribution in [2.45, 2.75) is 0 Å². The highest BCUT2D eigenvalue weighted by atomic mass is 32.2. The van der Waals surface area contributed by atoms with Crippen LogP contribution in [0, 0.1) is 0 Å². The van der Waals surface area contributed by atoms with Crippen molar-refractivity contribution in [3.05, 3.63) is 0 Å². The predicted octanol–water partition coefficient (Wildman–Crippen LogP) is 0.238. The first-order valence-corrected chi connectivity index (χ1v) is 2.33. The van der Waals surface area contributed by atoms with E-state index in [0.29, 0.717) is 0 Å². The molecule has 0 spiro atoms. The van der Waals surface area contributed by atoms with Crippen LogP contribution in [0.4, 0.5) is 0 Å². The second kappa shape index (κ2) is 0.951. The molecule has 1 aliphatic heterocycles. The third kappa shape index (κ3) is 0.213. The van der Waals surface area contributed by atoms with E-state index in [1.807, 2.05) is 0 Å². The van der Waals surface area contributed by atoms with Gasteiger partial charge in [0.2, 0.25) is 0 Å². The predicted molar refractivity (Wildman–Crippen MR) is 20.5 cm³/mol. The lowest BCUT2D eigenvalue weighted by Gasteiger charge is -2.08. The summed E-state index contributed by atoms with van der Waals surface area (Å²) in [4.78, 5) is 0. The molecular formula is C2H5NS. The maximum absolute atomic E-state index is 3.03. The minimum Gasteiger partial charge on any atom is -0.263 e. The molecule has 0 bridgehead atoms. The monoisotopic (exact) mass is 75.0 g/mol. The highest BCUT2D eigenvalue weighted by molar-refractivity contribution is 7.98. The summed E-state index contributed by atoms with van der Waals surface area (Å²) in [5, 5.41) is 0. The molecule has 1 heterocycles. The Hall–Kier alpha value is 0.310. The molecule has 1 N–H and O–H groups in total. The van der Waals surface area contributed by atoms with Gasteiger partial charge in [-0.1, -0.05) is 11.9 Å². The van der Waals surface area contributed by atoms with Crippen LogP contribution in [0.3, 0.4) is 0 Å². The molecule has 2 heteroatoms. The van der Waals surface area contributed by atoms with Crippen molar-refractivity contribution < 1.29 is 0 Å². The van der Waals surface area contributed by atoms with Crippen LogP contribution in [0.15, 0.2) is 0 Å². The van der Waals surface area contributed by atoms with E-state index >= 15 is 0 Å². The van der Waals surface area contributed by atoms with E-state index in [4.69, 9.17) is 0 Å². The van der Waals surface area contributed by atoms with Gasteiger partial charge in [-0.05, 0) is 0 Å². The van der Waals surface area contributed by atoms with Crippen molar-refractivity contribution >= 4 is 11.9 Å². The lowest BCUT2D eigenvalue weighted by Crippen LogP contribution is -2.20. The van der Waals surface area contributed by atoms with E-state index in [1.165, 1.54) is 12.3 Å². The lowest BCUT2D eigenvalue weighted by molar-refractivity contribution is 0.978. The van der Waals surface area contributed by atoms with Gasteiger partial charge in [-0.3, -0.25) is 4.72 Å². The second-order valence-electron chi connectivity index (χ2n) is 0.743. The Morgan fingerprint density at radius 2 is 2.00 bits per heavy atom. The molecule has 1 aliphatic rings. The fraction of sp³-hybridized carbons (Fsp3) is 1.00. The van der Waals surface area contributed by atoms with Crippen LogP contribution in [0.2, 0.25) is 0 Å². The summed E-state index contributed by atoms with van der Waals surface area (Å²) in [5.41, 5.74) is 0. The van der Waals surface area contributed by atoms with Gasteiger partial charge >= 0.3 is 0 Å². The molecule has 0 saturated carbocycles. The second-order valence-corrected chi connectivity index (χ2v) is 1.73. The fourth-order valence-corrected chi connectivity index (χ4v) is 0.306. The summed E-state index contributed by atoms with van der Waals surface area (Å²) in [6.07, 6.45) is 0. The van der Waals surface area contributed by atoms with Crippen molar-refractivity contribution in [1.29, 1.82) is 0 Å². The van der Waals surface area contributed by atoms with Crippen molar-refractivity contribution in [2.24, 2.45) is 0 Å². The Balaban J connectivity index is 2.00. The molecule has 0 unspecified atom stereocenters. The average molecular weight is 75.1 g/mol. The lowest BCUT2D eigenvalue weighted by atomic mass is 10.8. The highest BCUT2D eigenvalue weighted by Crippen LogP contribution is 1.98. The van der Waals surface area contributed by atoms with Gasteiger partial charge in [-0.2, -0.15) is 0 Å². The molecule has 0 aromatic heterocycles. The van der Waals surface area contributed by atoms with Crippen LogP contribution < -0.4 is 4.72 Å². The zero-order valence-corrected chi connectivity index (χ0v) is 3.14. The van der Waals surface area contributed by atoms with Crippen LogP contribution in [-0.4, -0.2) is 12.3 Å². The van der Waals surface area contributed by atoms with Gasteiger partial charge in [0.1, 0.15) is 0 Å². The Morgan fingerprint density at radius 1 is 1.75 bits per heavy atom. The van der Waals surface area contributed by atoms with Crippen LogP contribution in [0.5, 0.6) is 0 Å². The molecule has 1 nitrogen and oxygen atoms in total. The molecule has 0 radical (unpaired) electrons.